The predicted octanol–water partition coefficient (Wildman–Crippen LogP) is 2.18. The lowest BCUT2D eigenvalue weighted by Gasteiger charge is -2.24. The van der Waals surface area contributed by atoms with Crippen molar-refractivity contribution < 1.29 is 9.90 Å². The number of carbonyl (C=O) groups is 1. The van der Waals surface area contributed by atoms with Crippen molar-refractivity contribution in [1.29, 1.82) is 0 Å². The number of carbonyl (C=O) groups excluding carboxylic acids is 1. The van der Waals surface area contributed by atoms with Crippen LogP contribution in [0.4, 0.5) is 0 Å². The van der Waals surface area contributed by atoms with Crippen LogP contribution in [-0.4, -0.2) is 38.3 Å². The summed E-state index contributed by atoms with van der Waals surface area (Å²) in [7, 11) is 0. The molecule has 2 aromatic heterocycles. The van der Waals surface area contributed by atoms with E-state index in [-0.39, 0.29) is 12.5 Å². The second-order valence-electron chi connectivity index (χ2n) is 6.56. The number of fused-ring (bicyclic) bond motifs is 1. The summed E-state index contributed by atoms with van der Waals surface area (Å²) in [5.74, 6) is 0.290. The zero-order valence-electron chi connectivity index (χ0n) is 13.6. The van der Waals surface area contributed by atoms with Crippen LogP contribution in [0.2, 0.25) is 0 Å². The van der Waals surface area contributed by atoms with E-state index in [9.17, 15) is 9.90 Å². The van der Waals surface area contributed by atoms with Crippen molar-refractivity contribution in [2.75, 3.05) is 6.54 Å². The number of nitrogens with zero attached hydrogens (tertiary/aromatic N) is 2. The van der Waals surface area contributed by atoms with Crippen LogP contribution in [0.15, 0.2) is 12.3 Å². The third kappa shape index (κ3) is 4.04. The summed E-state index contributed by atoms with van der Waals surface area (Å²) in [6.07, 6.45) is 3.08. The summed E-state index contributed by atoms with van der Waals surface area (Å²) in [6, 6.07) is 1.76. The number of rotatable bonds is 6. The van der Waals surface area contributed by atoms with Gasteiger partial charge in [0.15, 0.2) is 5.65 Å². The molecule has 0 aromatic carbocycles. The Balaban J connectivity index is 2.00. The predicted molar refractivity (Wildman–Crippen MR) is 85.7 cm³/mol. The van der Waals surface area contributed by atoms with E-state index in [1.807, 2.05) is 6.92 Å². The summed E-state index contributed by atoms with van der Waals surface area (Å²) in [5.41, 5.74) is 1.04. The van der Waals surface area contributed by atoms with Gasteiger partial charge < -0.3 is 10.4 Å². The molecule has 0 aliphatic carbocycles. The molecule has 6 heteroatoms. The van der Waals surface area contributed by atoms with E-state index in [0.29, 0.717) is 23.5 Å². The lowest BCUT2D eigenvalue weighted by atomic mass is 9.95. The first-order chi connectivity index (χ1) is 10.3. The van der Waals surface area contributed by atoms with Crippen LogP contribution >= 0.6 is 0 Å². The Kier molecular flexibility index (Phi) is 4.81. The Morgan fingerprint density at radius 1 is 1.50 bits per heavy atom. The molecule has 3 N–H and O–H groups in total. The monoisotopic (exact) mass is 304 g/mol. The molecule has 0 aliphatic rings. The first-order valence-corrected chi connectivity index (χ1v) is 7.60. The highest BCUT2D eigenvalue weighted by Gasteiger charge is 2.22. The highest BCUT2D eigenvalue weighted by molar-refractivity contribution is 5.97. The molecule has 2 aromatic rings. The number of amides is 1. The van der Waals surface area contributed by atoms with Gasteiger partial charge in [0.1, 0.15) is 0 Å². The van der Waals surface area contributed by atoms with Crippen molar-refractivity contribution in [2.24, 2.45) is 5.92 Å². The molecule has 2 heterocycles. The lowest BCUT2D eigenvalue weighted by molar-refractivity contribution is 0.0429. The van der Waals surface area contributed by atoms with Crippen LogP contribution in [0.5, 0.6) is 0 Å². The summed E-state index contributed by atoms with van der Waals surface area (Å²) in [4.78, 5) is 16.4. The van der Waals surface area contributed by atoms with Crippen molar-refractivity contribution in [2.45, 2.75) is 46.1 Å². The van der Waals surface area contributed by atoms with Crippen molar-refractivity contribution in [1.82, 2.24) is 20.5 Å². The van der Waals surface area contributed by atoms with Crippen molar-refractivity contribution >= 4 is 16.9 Å². The second-order valence-corrected chi connectivity index (χ2v) is 6.56. The molecule has 0 saturated heterocycles. The second kappa shape index (κ2) is 6.44. The van der Waals surface area contributed by atoms with Crippen LogP contribution in [0, 0.1) is 12.8 Å². The van der Waals surface area contributed by atoms with Crippen LogP contribution in [0.1, 0.15) is 49.7 Å². The van der Waals surface area contributed by atoms with Crippen LogP contribution in [-0.2, 0) is 0 Å². The molecule has 1 amide bonds. The molecule has 0 aliphatic heterocycles. The number of aryl methyl sites for hydroxylation is 1. The zero-order chi connectivity index (χ0) is 16.3. The highest BCUT2D eigenvalue weighted by atomic mass is 16.3. The average molecular weight is 304 g/mol. The molecular formula is C16H24N4O2. The van der Waals surface area contributed by atoms with Gasteiger partial charge in [-0.15, -0.1) is 0 Å². The fraction of sp³-hybridized carbons (Fsp3) is 0.562. The Morgan fingerprint density at radius 3 is 2.91 bits per heavy atom. The Bertz CT molecular complexity index is 661. The topological polar surface area (TPSA) is 90.9 Å². The lowest BCUT2D eigenvalue weighted by Crippen LogP contribution is -2.40. The SMILES string of the molecule is Cc1[nH]nc2ncc(C(=O)NCC(C)(O)CCC(C)C)cc12. The number of pyridine rings is 1. The van der Waals surface area contributed by atoms with Crippen LogP contribution in [0.25, 0.3) is 11.0 Å². The van der Waals surface area contributed by atoms with E-state index in [1.54, 1.807) is 13.0 Å². The van der Waals surface area contributed by atoms with Crippen molar-refractivity contribution in [3.63, 3.8) is 0 Å². The minimum absolute atomic E-state index is 0.223. The first kappa shape index (κ1) is 16.4. The minimum Gasteiger partial charge on any atom is -0.388 e. The zero-order valence-corrected chi connectivity index (χ0v) is 13.6. The van der Waals surface area contributed by atoms with E-state index in [4.69, 9.17) is 0 Å². The number of nitrogens with one attached hydrogen (secondary N) is 2. The maximum Gasteiger partial charge on any atom is 0.252 e. The van der Waals surface area contributed by atoms with Gasteiger partial charge in [0.25, 0.3) is 5.91 Å². The molecule has 2 rings (SSSR count). The van der Waals surface area contributed by atoms with Crippen LogP contribution < -0.4 is 5.32 Å². The van der Waals surface area contributed by atoms with Crippen molar-refractivity contribution in [3.8, 4) is 0 Å². The number of hydrogen-bond donors (Lipinski definition) is 3. The Hall–Kier alpha value is -1.95. The minimum atomic E-state index is -0.900. The van der Waals surface area contributed by atoms with E-state index < -0.39 is 5.60 Å². The first-order valence-electron chi connectivity index (χ1n) is 7.60. The number of aromatic nitrogens is 3. The van der Waals surface area contributed by atoms with Gasteiger partial charge in [0, 0.05) is 23.8 Å². The average Bonchev–Trinajstić information content (AvgIpc) is 2.84. The van der Waals surface area contributed by atoms with E-state index >= 15 is 0 Å². The highest BCUT2D eigenvalue weighted by Crippen LogP contribution is 2.17. The molecular weight excluding hydrogens is 280 g/mol. The van der Waals surface area contributed by atoms with Crippen LogP contribution in [0.3, 0.4) is 0 Å². The van der Waals surface area contributed by atoms with Gasteiger partial charge in [-0.3, -0.25) is 9.89 Å². The van der Waals surface area contributed by atoms with Gasteiger partial charge >= 0.3 is 0 Å². The number of H-pyrrole nitrogens is 1. The summed E-state index contributed by atoms with van der Waals surface area (Å²) < 4.78 is 0. The number of aliphatic hydroxyl groups is 1. The molecule has 0 saturated carbocycles. The Morgan fingerprint density at radius 2 is 2.23 bits per heavy atom. The number of aromatic amines is 1. The summed E-state index contributed by atoms with van der Waals surface area (Å²) in [6.45, 7) is 8.08. The fourth-order valence-electron chi connectivity index (χ4n) is 2.20. The molecule has 6 nitrogen and oxygen atoms in total. The number of hydrogen-bond acceptors (Lipinski definition) is 4. The maximum atomic E-state index is 12.2. The van der Waals surface area contributed by atoms with E-state index in [2.05, 4.69) is 34.3 Å². The van der Waals surface area contributed by atoms with Gasteiger partial charge in [-0.1, -0.05) is 13.8 Å². The van der Waals surface area contributed by atoms with Gasteiger partial charge in [-0.25, -0.2) is 4.98 Å². The molecule has 0 fully saturated rings. The molecule has 120 valence electrons. The maximum absolute atomic E-state index is 12.2. The Labute approximate surface area is 130 Å². The molecule has 0 radical (unpaired) electrons. The van der Waals surface area contributed by atoms with Crippen molar-refractivity contribution in [3.05, 3.63) is 23.5 Å². The molecule has 1 unspecified atom stereocenters. The standard InChI is InChI=1S/C16H24N4O2/c1-10(2)5-6-16(4,22)9-18-15(21)12-7-13-11(3)19-20-14(13)17-8-12/h7-8,10,22H,5-6,9H2,1-4H3,(H,18,21)(H,17,19,20). The van der Waals surface area contributed by atoms with E-state index in [0.717, 1.165) is 17.5 Å². The van der Waals surface area contributed by atoms with Gasteiger partial charge in [-0.2, -0.15) is 5.10 Å². The molecule has 0 spiro atoms. The van der Waals surface area contributed by atoms with Gasteiger partial charge in [0.2, 0.25) is 0 Å². The van der Waals surface area contributed by atoms with E-state index in [1.165, 1.54) is 6.20 Å². The van der Waals surface area contributed by atoms with Gasteiger partial charge in [-0.05, 0) is 38.7 Å². The molecule has 1 atom stereocenters. The quantitative estimate of drug-likeness (QED) is 0.763. The summed E-state index contributed by atoms with van der Waals surface area (Å²) >= 11 is 0. The normalized spacial score (nSPS) is 14.3. The third-order valence-corrected chi connectivity index (χ3v) is 3.75. The summed E-state index contributed by atoms with van der Waals surface area (Å²) in [5, 5.41) is 20.8. The third-order valence-electron chi connectivity index (χ3n) is 3.75. The molecule has 0 bridgehead atoms. The smallest absolute Gasteiger partial charge is 0.252 e. The van der Waals surface area contributed by atoms with Gasteiger partial charge in [0.05, 0.1) is 11.2 Å². The molecule has 22 heavy (non-hydrogen) atoms. The largest absolute Gasteiger partial charge is 0.388 e. The fourth-order valence-corrected chi connectivity index (χ4v) is 2.20.